The number of nitrogens with zero attached hydrogens (tertiary/aromatic N) is 1. The van der Waals surface area contributed by atoms with Gasteiger partial charge in [0, 0.05) is 20.2 Å². The Bertz CT molecular complexity index is 675. The number of ether oxygens (including phenoxy) is 1. The summed E-state index contributed by atoms with van der Waals surface area (Å²) in [6.07, 6.45) is -0.0912. The summed E-state index contributed by atoms with van der Waals surface area (Å²) in [5.41, 5.74) is -0.542. The Balaban J connectivity index is 2.72. The number of hydrogen-bond acceptors (Lipinski definition) is 3. The molecule has 0 bridgehead atoms. The molecule has 9 heteroatoms. The standard InChI is InChI=1S/C18H27F3N4O2/c1-6-22-17(23-9-13(27-5)18(2,3)4)24-10-14(26)25-12-8-7-11(19)15(20)16(12)21/h7-8,13H,6,9-10H2,1-5H3,(H,25,26)(H2,22,23,24). The van der Waals surface area contributed by atoms with Gasteiger partial charge in [-0.2, -0.15) is 0 Å². The molecule has 1 aromatic rings. The van der Waals surface area contributed by atoms with Crippen molar-refractivity contribution in [1.82, 2.24) is 10.6 Å². The molecule has 0 saturated heterocycles. The lowest BCUT2D eigenvalue weighted by Crippen LogP contribution is -2.45. The summed E-state index contributed by atoms with van der Waals surface area (Å²) >= 11 is 0. The van der Waals surface area contributed by atoms with Gasteiger partial charge in [-0.25, -0.2) is 18.2 Å². The second-order valence-electron chi connectivity index (χ2n) is 6.94. The molecule has 0 heterocycles. The van der Waals surface area contributed by atoms with Crippen LogP contribution in [-0.4, -0.2) is 44.7 Å². The number of carbonyl (C=O) groups excluding carboxylic acids is 1. The van der Waals surface area contributed by atoms with Crippen LogP contribution in [-0.2, 0) is 9.53 Å². The normalized spacial score (nSPS) is 13.3. The van der Waals surface area contributed by atoms with Gasteiger partial charge in [-0.3, -0.25) is 4.79 Å². The molecule has 0 aliphatic heterocycles. The molecule has 0 aliphatic rings. The molecular formula is C18H27F3N4O2. The fourth-order valence-corrected chi connectivity index (χ4v) is 2.24. The highest BCUT2D eigenvalue weighted by Crippen LogP contribution is 2.21. The quantitative estimate of drug-likeness (QED) is 0.381. The molecular weight excluding hydrogens is 361 g/mol. The first kappa shape index (κ1) is 22.8. The predicted molar refractivity (Wildman–Crippen MR) is 99.2 cm³/mol. The molecule has 0 aromatic heterocycles. The average Bonchev–Trinajstić information content (AvgIpc) is 2.59. The minimum atomic E-state index is -1.64. The van der Waals surface area contributed by atoms with Gasteiger partial charge in [-0.15, -0.1) is 0 Å². The van der Waals surface area contributed by atoms with Crippen molar-refractivity contribution in [3.8, 4) is 0 Å². The van der Waals surface area contributed by atoms with Crippen LogP contribution < -0.4 is 16.0 Å². The Morgan fingerprint density at radius 1 is 1.19 bits per heavy atom. The number of methoxy groups -OCH3 is 1. The maximum absolute atomic E-state index is 13.6. The van der Waals surface area contributed by atoms with E-state index in [9.17, 15) is 18.0 Å². The monoisotopic (exact) mass is 388 g/mol. The van der Waals surface area contributed by atoms with Gasteiger partial charge in [-0.1, -0.05) is 20.8 Å². The summed E-state index contributed by atoms with van der Waals surface area (Å²) in [7, 11) is 1.62. The lowest BCUT2D eigenvalue weighted by molar-refractivity contribution is -0.114. The van der Waals surface area contributed by atoms with Crippen molar-refractivity contribution in [2.75, 3.05) is 32.1 Å². The van der Waals surface area contributed by atoms with Crippen LogP contribution in [0, 0.1) is 22.9 Å². The first-order valence-electron chi connectivity index (χ1n) is 8.58. The number of carbonyl (C=O) groups is 1. The van der Waals surface area contributed by atoms with E-state index in [0.29, 0.717) is 19.0 Å². The van der Waals surface area contributed by atoms with Gasteiger partial charge in [0.15, 0.2) is 23.4 Å². The molecule has 1 atom stereocenters. The molecule has 6 nitrogen and oxygen atoms in total. The highest BCUT2D eigenvalue weighted by Gasteiger charge is 2.24. The van der Waals surface area contributed by atoms with E-state index in [0.717, 1.165) is 12.1 Å². The fourth-order valence-electron chi connectivity index (χ4n) is 2.24. The number of guanidine groups is 1. The summed E-state index contributed by atoms with van der Waals surface area (Å²) in [6, 6.07) is 1.69. The lowest BCUT2D eigenvalue weighted by atomic mass is 9.89. The van der Waals surface area contributed by atoms with Crippen LogP contribution >= 0.6 is 0 Å². The van der Waals surface area contributed by atoms with Crippen molar-refractivity contribution in [3.05, 3.63) is 29.6 Å². The SMILES string of the molecule is CCNC(=NCC(=O)Nc1ccc(F)c(F)c1F)NCC(OC)C(C)(C)C. The van der Waals surface area contributed by atoms with Crippen LogP contribution in [0.3, 0.4) is 0 Å². The Kier molecular flexibility index (Phi) is 8.55. The second kappa shape index (κ2) is 10.1. The zero-order valence-electron chi connectivity index (χ0n) is 16.3. The molecule has 1 amide bonds. The highest BCUT2D eigenvalue weighted by atomic mass is 19.2. The lowest BCUT2D eigenvalue weighted by Gasteiger charge is -2.30. The smallest absolute Gasteiger partial charge is 0.246 e. The summed E-state index contributed by atoms with van der Waals surface area (Å²) < 4.78 is 45.2. The summed E-state index contributed by atoms with van der Waals surface area (Å²) in [4.78, 5) is 16.0. The minimum Gasteiger partial charge on any atom is -0.379 e. The zero-order valence-corrected chi connectivity index (χ0v) is 16.3. The molecule has 0 saturated carbocycles. The molecule has 152 valence electrons. The van der Waals surface area contributed by atoms with E-state index in [4.69, 9.17) is 4.74 Å². The van der Waals surface area contributed by atoms with E-state index in [1.54, 1.807) is 7.11 Å². The Morgan fingerprint density at radius 2 is 1.85 bits per heavy atom. The Hall–Kier alpha value is -2.29. The molecule has 1 aromatic carbocycles. The average molecular weight is 388 g/mol. The van der Waals surface area contributed by atoms with Gasteiger partial charge in [0.25, 0.3) is 0 Å². The van der Waals surface area contributed by atoms with Crippen LogP contribution in [0.4, 0.5) is 18.9 Å². The number of rotatable bonds is 7. The number of aliphatic imine (C=N–C) groups is 1. The fraction of sp³-hybridized carbons (Fsp3) is 0.556. The van der Waals surface area contributed by atoms with Crippen molar-refractivity contribution in [1.29, 1.82) is 0 Å². The van der Waals surface area contributed by atoms with Crippen LogP contribution in [0.25, 0.3) is 0 Å². The number of nitrogens with one attached hydrogen (secondary N) is 3. The van der Waals surface area contributed by atoms with Crippen LogP contribution in [0.2, 0.25) is 0 Å². The number of benzene rings is 1. The Morgan fingerprint density at radius 3 is 2.41 bits per heavy atom. The first-order valence-corrected chi connectivity index (χ1v) is 8.58. The molecule has 0 radical (unpaired) electrons. The number of halogens is 3. The summed E-state index contributed by atoms with van der Waals surface area (Å²) in [6.45, 7) is 8.68. The third kappa shape index (κ3) is 7.09. The van der Waals surface area contributed by atoms with Gasteiger partial charge < -0.3 is 20.7 Å². The molecule has 0 spiro atoms. The minimum absolute atomic E-state index is 0.0912. The molecule has 1 unspecified atom stereocenters. The Labute approximate surface area is 157 Å². The number of amides is 1. The van der Waals surface area contributed by atoms with Gasteiger partial charge in [0.2, 0.25) is 5.91 Å². The first-order chi connectivity index (χ1) is 12.6. The molecule has 0 fully saturated rings. The van der Waals surface area contributed by atoms with Crippen molar-refractivity contribution in [2.45, 2.75) is 33.8 Å². The van der Waals surface area contributed by atoms with E-state index < -0.39 is 29.0 Å². The van der Waals surface area contributed by atoms with Gasteiger partial charge in [0.05, 0.1) is 11.8 Å². The van der Waals surface area contributed by atoms with E-state index in [-0.39, 0.29) is 18.1 Å². The van der Waals surface area contributed by atoms with Gasteiger partial charge in [-0.05, 0) is 24.5 Å². The van der Waals surface area contributed by atoms with E-state index in [1.165, 1.54) is 0 Å². The maximum atomic E-state index is 13.6. The molecule has 27 heavy (non-hydrogen) atoms. The maximum Gasteiger partial charge on any atom is 0.246 e. The number of hydrogen-bond donors (Lipinski definition) is 3. The van der Waals surface area contributed by atoms with Gasteiger partial charge >= 0.3 is 0 Å². The second-order valence-corrected chi connectivity index (χ2v) is 6.94. The van der Waals surface area contributed by atoms with Crippen molar-refractivity contribution in [3.63, 3.8) is 0 Å². The third-order valence-corrected chi connectivity index (χ3v) is 3.74. The van der Waals surface area contributed by atoms with E-state index >= 15 is 0 Å². The predicted octanol–water partition coefficient (Wildman–Crippen LogP) is 2.66. The van der Waals surface area contributed by atoms with E-state index in [2.05, 4.69) is 20.9 Å². The molecule has 1 rings (SSSR count). The van der Waals surface area contributed by atoms with Crippen molar-refractivity contribution < 1.29 is 22.7 Å². The molecule has 0 aliphatic carbocycles. The van der Waals surface area contributed by atoms with Crippen LogP contribution in [0.5, 0.6) is 0 Å². The summed E-state index contributed by atoms with van der Waals surface area (Å²) in [5, 5.41) is 8.22. The molecule has 3 N–H and O–H groups in total. The third-order valence-electron chi connectivity index (χ3n) is 3.74. The zero-order chi connectivity index (χ0) is 20.6. The number of anilines is 1. The van der Waals surface area contributed by atoms with Crippen molar-refractivity contribution in [2.24, 2.45) is 10.4 Å². The van der Waals surface area contributed by atoms with E-state index in [1.807, 2.05) is 27.7 Å². The largest absolute Gasteiger partial charge is 0.379 e. The van der Waals surface area contributed by atoms with Crippen LogP contribution in [0.15, 0.2) is 17.1 Å². The summed E-state index contributed by atoms with van der Waals surface area (Å²) in [5.74, 6) is -4.71. The van der Waals surface area contributed by atoms with Gasteiger partial charge in [0.1, 0.15) is 6.54 Å². The highest BCUT2D eigenvalue weighted by molar-refractivity contribution is 5.94. The van der Waals surface area contributed by atoms with Crippen LogP contribution in [0.1, 0.15) is 27.7 Å². The topological polar surface area (TPSA) is 74.8 Å². The van der Waals surface area contributed by atoms with Crippen molar-refractivity contribution >= 4 is 17.6 Å².